The Labute approximate surface area is 188 Å². The summed E-state index contributed by atoms with van der Waals surface area (Å²) in [4.78, 5) is 13.1. The van der Waals surface area contributed by atoms with Crippen LogP contribution in [0.4, 0.5) is 0 Å². The third-order valence-corrected chi connectivity index (χ3v) is 4.96. The second-order valence-corrected chi connectivity index (χ2v) is 8.57. The number of fused-ring (bicyclic) bond motifs is 1. The first kappa shape index (κ1) is 24.6. The molecule has 0 aliphatic carbocycles. The highest BCUT2D eigenvalue weighted by Gasteiger charge is 2.18. The van der Waals surface area contributed by atoms with Crippen molar-refractivity contribution in [1.29, 1.82) is 0 Å². The SMILES string of the molecule is C[N+](C)(C)CCCCCCOc1c(-c2ccc(O)c(O)c2)oc2ccccc2c1=O.[Cl-]. The summed E-state index contributed by atoms with van der Waals surface area (Å²) in [5, 5.41) is 19.9. The number of nitrogens with zero attached hydrogens (tertiary/aromatic N) is 1. The Morgan fingerprint density at radius 3 is 2.35 bits per heavy atom. The molecule has 168 valence electrons. The first-order valence-corrected chi connectivity index (χ1v) is 10.3. The Morgan fingerprint density at radius 2 is 1.65 bits per heavy atom. The number of aromatic hydroxyl groups is 2. The van der Waals surface area contributed by atoms with Crippen LogP contribution in [0, 0.1) is 0 Å². The number of halogens is 1. The van der Waals surface area contributed by atoms with Gasteiger partial charge >= 0.3 is 0 Å². The molecule has 0 bridgehead atoms. The first-order chi connectivity index (χ1) is 14.3. The molecule has 2 N–H and O–H groups in total. The van der Waals surface area contributed by atoms with Gasteiger partial charge in [0, 0.05) is 5.56 Å². The van der Waals surface area contributed by atoms with Crippen LogP contribution >= 0.6 is 0 Å². The number of phenolic OH excluding ortho intramolecular Hbond substituents is 2. The van der Waals surface area contributed by atoms with Gasteiger partial charge in [-0.3, -0.25) is 4.79 Å². The predicted molar refractivity (Wildman–Crippen MR) is 118 cm³/mol. The third kappa shape index (κ3) is 6.39. The number of rotatable bonds is 9. The van der Waals surface area contributed by atoms with E-state index in [1.54, 1.807) is 30.3 Å². The number of unbranched alkanes of at least 4 members (excludes halogenated alkanes) is 3. The molecule has 0 aliphatic heterocycles. The van der Waals surface area contributed by atoms with Gasteiger partial charge in [0.25, 0.3) is 0 Å². The van der Waals surface area contributed by atoms with Gasteiger partial charge in [0.2, 0.25) is 11.2 Å². The number of ether oxygens (including phenoxy) is 1. The van der Waals surface area contributed by atoms with Crippen molar-refractivity contribution in [1.82, 2.24) is 0 Å². The summed E-state index contributed by atoms with van der Waals surface area (Å²) in [5.41, 5.74) is 0.660. The summed E-state index contributed by atoms with van der Waals surface area (Å²) in [6, 6.07) is 11.3. The number of hydrogen-bond donors (Lipinski definition) is 2. The molecule has 3 rings (SSSR count). The molecule has 0 unspecified atom stereocenters. The molecule has 0 saturated carbocycles. The Hall–Kier alpha value is -2.70. The van der Waals surface area contributed by atoms with E-state index >= 15 is 0 Å². The van der Waals surface area contributed by atoms with Crippen molar-refractivity contribution >= 4 is 11.0 Å². The van der Waals surface area contributed by atoms with E-state index in [2.05, 4.69) is 21.1 Å². The van der Waals surface area contributed by atoms with E-state index in [9.17, 15) is 15.0 Å². The van der Waals surface area contributed by atoms with Crippen molar-refractivity contribution in [3.63, 3.8) is 0 Å². The quantitative estimate of drug-likeness (QED) is 0.295. The van der Waals surface area contributed by atoms with Gasteiger partial charge in [-0.25, -0.2) is 0 Å². The molecular formula is C24H30ClNO5. The minimum atomic E-state index is -0.286. The van der Waals surface area contributed by atoms with Crippen molar-refractivity contribution in [2.24, 2.45) is 0 Å². The normalized spacial score (nSPS) is 11.3. The minimum Gasteiger partial charge on any atom is -1.00 e. The van der Waals surface area contributed by atoms with Crippen molar-refractivity contribution < 1.29 is 36.3 Å². The first-order valence-electron chi connectivity index (χ1n) is 10.3. The van der Waals surface area contributed by atoms with Crippen LogP contribution in [0.3, 0.4) is 0 Å². The molecule has 31 heavy (non-hydrogen) atoms. The molecule has 0 saturated heterocycles. The maximum Gasteiger partial charge on any atom is 0.235 e. The van der Waals surface area contributed by atoms with Crippen LogP contribution in [0.15, 0.2) is 51.7 Å². The van der Waals surface area contributed by atoms with Crippen molar-refractivity contribution in [2.45, 2.75) is 25.7 Å². The van der Waals surface area contributed by atoms with Crippen LogP contribution in [0.5, 0.6) is 17.2 Å². The predicted octanol–water partition coefficient (Wildman–Crippen LogP) is 1.52. The second kappa shape index (κ2) is 10.6. The highest BCUT2D eigenvalue weighted by molar-refractivity contribution is 5.82. The molecule has 1 heterocycles. The number of hydrogen-bond acceptors (Lipinski definition) is 5. The smallest absolute Gasteiger partial charge is 0.235 e. The zero-order valence-electron chi connectivity index (χ0n) is 18.2. The van der Waals surface area contributed by atoms with E-state index in [1.165, 1.54) is 12.1 Å². The van der Waals surface area contributed by atoms with E-state index in [4.69, 9.17) is 9.15 Å². The molecule has 0 atom stereocenters. The van der Waals surface area contributed by atoms with Crippen LogP contribution in [-0.4, -0.2) is 49.0 Å². The standard InChI is InChI=1S/C24H29NO5.ClH/c1-25(2,3)14-8-4-5-9-15-29-24-22(28)18-10-6-7-11-21(18)30-23(24)17-12-13-19(26)20(27)16-17;/h6-7,10-13,16H,4-5,8-9,14-15H2,1-3H3,(H-,26,27,28);1H. The largest absolute Gasteiger partial charge is 1.00 e. The minimum absolute atomic E-state index is 0. The Balaban J connectivity index is 0.00000341. The molecule has 3 aromatic rings. The maximum absolute atomic E-state index is 13.1. The molecule has 2 aromatic carbocycles. The number of para-hydroxylation sites is 1. The maximum atomic E-state index is 13.1. The van der Waals surface area contributed by atoms with Gasteiger partial charge < -0.3 is 36.3 Å². The van der Waals surface area contributed by atoms with Crippen LogP contribution in [0.2, 0.25) is 0 Å². The summed E-state index contributed by atoms with van der Waals surface area (Å²) in [6.07, 6.45) is 4.13. The number of quaternary nitrogens is 1. The van der Waals surface area contributed by atoms with E-state index in [-0.39, 0.29) is 40.8 Å². The second-order valence-electron chi connectivity index (χ2n) is 8.57. The molecule has 0 fully saturated rings. The highest BCUT2D eigenvalue weighted by Crippen LogP contribution is 2.35. The van der Waals surface area contributed by atoms with Gasteiger partial charge in [0.05, 0.1) is 39.7 Å². The van der Waals surface area contributed by atoms with E-state index < -0.39 is 0 Å². The number of benzene rings is 2. The molecule has 1 aromatic heterocycles. The van der Waals surface area contributed by atoms with Crippen LogP contribution < -0.4 is 22.6 Å². The molecule has 6 nitrogen and oxygen atoms in total. The van der Waals surface area contributed by atoms with Gasteiger partial charge in [-0.05, 0) is 56.0 Å². The van der Waals surface area contributed by atoms with E-state index in [0.717, 1.165) is 36.7 Å². The molecule has 0 spiro atoms. The third-order valence-electron chi connectivity index (χ3n) is 4.96. The summed E-state index contributed by atoms with van der Waals surface area (Å²) in [5.74, 6) is -0.145. The van der Waals surface area contributed by atoms with E-state index in [0.29, 0.717) is 23.1 Å². The lowest BCUT2D eigenvalue weighted by molar-refractivity contribution is -0.870. The Morgan fingerprint density at radius 1 is 0.935 bits per heavy atom. The monoisotopic (exact) mass is 447 g/mol. The average molecular weight is 448 g/mol. The van der Waals surface area contributed by atoms with Gasteiger partial charge in [0.1, 0.15) is 5.58 Å². The Bertz CT molecular complexity index is 1070. The lowest BCUT2D eigenvalue weighted by Gasteiger charge is -2.23. The summed E-state index contributed by atoms with van der Waals surface area (Å²) < 4.78 is 12.8. The average Bonchev–Trinajstić information content (AvgIpc) is 2.70. The van der Waals surface area contributed by atoms with Gasteiger partial charge in [-0.15, -0.1) is 0 Å². The molecular weight excluding hydrogens is 418 g/mol. The lowest BCUT2D eigenvalue weighted by atomic mass is 10.1. The lowest BCUT2D eigenvalue weighted by Crippen LogP contribution is -3.00. The summed E-state index contributed by atoms with van der Waals surface area (Å²) in [7, 11) is 6.56. The van der Waals surface area contributed by atoms with Crippen molar-refractivity contribution in [3.05, 3.63) is 52.7 Å². The summed E-state index contributed by atoms with van der Waals surface area (Å²) in [6.45, 7) is 1.54. The van der Waals surface area contributed by atoms with Gasteiger partial charge in [-0.1, -0.05) is 12.1 Å². The van der Waals surface area contributed by atoms with Crippen LogP contribution in [0.1, 0.15) is 25.7 Å². The molecule has 0 amide bonds. The topological polar surface area (TPSA) is 79.9 Å². The van der Waals surface area contributed by atoms with Crippen molar-refractivity contribution in [2.75, 3.05) is 34.3 Å². The van der Waals surface area contributed by atoms with E-state index in [1.807, 2.05) is 0 Å². The van der Waals surface area contributed by atoms with Crippen LogP contribution in [0.25, 0.3) is 22.3 Å². The molecule has 0 radical (unpaired) electrons. The number of phenols is 2. The molecule has 7 heteroatoms. The fourth-order valence-corrected chi connectivity index (χ4v) is 3.33. The zero-order chi connectivity index (χ0) is 21.7. The van der Waals surface area contributed by atoms with Gasteiger partial charge in [-0.2, -0.15) is 0 Å². The van der Waals surface area contributed by atoms with Gasteiger partial charge in [0.15, 0.2) is 17.3 Å². The van der Waals surface area contributed by atoms with Crippen molar-refractivity contribution in [3.8, 4) is 28.6 Å². The molecule has 0 aliphatic rings. The fraction of sp³-hybridized carbons (Fsp3) is 0.375. The van der Waals surface area contributed by atoms with Crippen LogP contribution in [-0.2, 0) is 0 Å². The zero-order valence-corrected chi connectivity index (χ0v) is 19.0. The fourth-order valence-electron chi connectivity index (χ4n) is 3.33. The highest BCUT2D eigenvalue weighted by atomic mass is 35.5. The Kier molecular flexibility index (Phi) is 8.36. The summed E-state index contributed by atoms with van der Waals surface area (Å²) >= 11 is 0.